The quantitative estimate of drug-likeness (QED) is 0.0804. The number of halogens is 2. The molecule has 16 rings (SSSR count). The fourth-order valence-corrected chi connectivity index (χ4v) is 13.2. The Morgan fingerprint density at radius 2 is 1.04 bits per heavy atom. The molecule has 8 aromatic heterocycles. The number of aryl methyl sites for hydroxylation is 4. The van der Waals surface area contributed by atoms with Gasteiger partial charge in [0.15, 0.2) is 0 Å². The molecule has 0 bridgehead atoms. The Morgan fingerprint density at radius 1 is 0.591 bits per heavy atom. The number of rotatable bonds is 11. The second kappa shape index (κ2) is 24.9. The summed E-state index contributed by atoms with van der Waals surface area (Å²) in [5, 5.41) is 24.9. The van der Waals surface area contributed by atoms with E-state index in [1.54, 1.807) is 50.9 Å². The van der Waals surface area contributed by atoms with Crippen LogP contribution < -0.4 is 20.5 Å². The Kier molecular flexibility index (Phi) is 16.3. The Labute approximate surface area is 530 Å². The molecule has 4 aromatic carbocycles. The number of aromatic amines is 2. The average Bonchev–Trinajstić information content (AvgIpc) is 1.63. The van der Waals surface area contributed by atoms with Crippen LogP contribution in [0.3, 0.4) is 0 Å². The number of H-pyrrole nitrogens is 2. The molecule has 1 amide bonds. The number of nitrogens with one attached hydrogen (secondary N) is 3. The first-order valence-corrected chi connectivity index (χ1v) is 30.8. The molecule has 0 saturated carbocycles. The molecule has 25 heteroatoms. The molecule has 4 aliphatic rings. The molecule has 4 aliphatic heterocycles. The molecule has 4 fully saturated rings. The third kappa shape index (κ3) is 11.5. The summed E-state index contributed by atoms with van der Waals surface area (Å²) in [5.74, 6) is -0.340. The Balaban J connectivity index is 0.000000141. The molecule has 93 heavy (non-hydrogen) atoms. The lowest BCUT2D eigenvalue weighted by molar-refractivity contribution is -0.0717. The van der Waals surface area contributed by atoms with E-state index in [0.29, 0.717) is 124 Å². The second-order valence-corrected chi connectivity index (χ2v) is 24.0. The van der Waals surface area contributed by atoms with Crippen molar-refractivity contribution in [2.45, 2.75) is 77.5 Å². The lowest BCUT2D eigenvalue weighted by Gasteiger charge is -2.41. The normalized spacial score (nSPS) is 16.1. The van der Waals surface area contributed by atoms with Crippen molar-refractivity contribution in [2.75, 3.05) is 66.8 Å². The van der Waals surface area contributed by atoms with Crippen LogP contribution in [0.5, 0.6) is 11.5 Å². The van der Waals surface area contributed by atoms with E-state index in [0.717, 1.165) is 104 Å². The topological polar surface area (TPSA) is 297 Å². The highest BCUT2D eigenvalue weighted by Gasteiger charge is 2.33. The van der Waals surface area contributed by atoms with E-state index in [1.165, 1.54) is 37.4 Å². The van der Waals surface area contributed by atoms with Crippen molar-refractivity contribution >= 4 is 77.6 Å². The number of carbonyl (C=O) groups excluding carboxylic acids is 1. The van der Waals surface area contributed by atoms with Gasteiger partial charge in [0.05, 0.1) is 108 Å². The number of carbonyl (C=O) groups is 2. The van der Waals surface area contributed by atoms with Crippen LogP contribution in [0.2, 0.25) is 0 Å². The van der Waals surface area contributed by atoms with Crippen LogP contribution in [0, 0.1) is 39.3 Å². The molecular formula is C68H66F2N14O9. The van der Waals surface area contributed by atoms with Gasteiger partial charge in [-0.15, -0.1) is 0 Å². The van der Waals surface area contributed by atoms with Gasteiger partial charge >= 0.3 is 5.97 Å². The molecule has 6 N–H and O–H groups in total. The summed E-state index contributed by atoms with van der Waals surface area (Å²) in [6.45, 7) is 15.0. The first-order chi connectivity index (χ1) is 45.1. The van der Waals surface area contributed by atoms with Crippen molar-refractivity contribution in [3.8, 4) is 56.3 Å². The third-order valence-electron chi connectivity index (χ3n) is 18.2. The number of aromatic nitrogens is 10. The van der Waals surface area contributed by atoms with Gasteiger partial charge in [-0.25, -0.2) is 33.5 Å². The zero-order valence-corrected chi connectivity index (χ0v) is 51.9. The van der Waals surface area contributed by atoms with Crippen molar-refractivity contribution in [1.29, 1.82) is 0 Å². The van der Waals surface area contributed by atoms with Crippen LogP contribution in [0.15, 0.2) is 94.2 Å². The number of piperidine rings is 2. The van der Waals surface area contributed by atoms with Gasteiger partial charge in [0.2, 0.25) is 11.6 Å². The number of hydrogen-bond acceptors (Lipinski definition) is 19. The van der Waals surface area contributed by atoms with Crippen LogP contribution >= 0.6 is 0 Å². The number of pyridine rings is 2. The van der Waals surface area contributed by atoms with Crippen molar-refractivity contribution in [2.24, 2.45) is 5.73 Å². The summed E-state index contributed by atoms with van der Waals surface area (Å²) >= 11 is 0. The van der Waals surface area contributed by atoms with Crippen molar-refractivity contribution in [1.82, 2.24) is 65.3 Å². The number of nitrogens with two attached hydrogens (primary N) is 1. The number of carboxylic acid groups (broad SMARTS) is 1. The zero-order valence-electron chi connectivity index (χ0n) is 51.9. The van der Waals surface area contributed by atoms with Crippen molar-refractivity contribution in [3.63, 3.8) is 0 Å². The SMILES string of the molecule is COc1cc2c(cc1-c1c(C)noc1C)[nH]c1nc(C(=O)NC3CCN(C4COC4)CC3)nc(-c3ccnc4ccc(F)cc34)c12.COc1cc2c(cc1-c1c(C)noc1C)[nH]c1nc(C(=O)O)nc(-c3ccnc4ccc(F)cc34)c12.NC1CCN(C2COC2)CC1. The van der Waals surface area contributed by atoms with Gasteiger partial charge in [-0.1, -0.05) is 10.3 Å². The van der Waals surface area contributed by atoms with Crippen LogP contribution in [-0.4, -0.2) is 168 Å². The summed E-state index contributed by atoms with van der Waals surface area (Å²) in [5.41, 5.74) is 15.9. The maximum Gasteiger partial charge on any atom is 0.374 e. The van der Waals surface area contributed by atoms with Crippen LogP contribution in [0.4, 0.5) is 8.78 Å². The van der Waals surface area contributed by atoms with E-state index >= 15 is 0 Å². The largest absolute Gasteiger partial charge is 0.496 e. The minimum Gasteiger partial charge on any atom is -0.496 e. The van der Waals surface area contributed by atoms with Gasteiger partial charge in [0.1, 0.15) is 45.9 Å². The smallest absolute Gasteiger partial charge is 0.374 e. The number of benzene rings is 4. The average molecular weight is 1260 g/mol. The number of amides is 1. The fourth-order valence-electron chi connectivity index (χ4n) is 13.2. The molecule has 0 spiro atoms. The molecule has 0 radical (unpaired) electrons. The number of nitrogens with zero attached hydrogens (tertiary/aromatic N) is 10. The third-order valence-corrected chi connectivity index (χ3v) is 18.2. The molecule has 476 valence electrons. The molecule has 23 nitrogen and oxygen atoms in total. The highest BCUT2D eigenvalue weighted by Crippen LogP contribution is 2.45. The molecule has 4 saturated heterocycles. The first kappa shape index (κ1) is 60.6. The van der Waals surface area contributed by atoms with Crippen molar-refractivity contribution in [3.05, 3.63) is 131 Å². The molecule has 12 aromatic rings. The lowest BCUT2D eigenvalue weighted by Crippen LogP contribution is -2.54. The monoisotopic (exact) mass is 1260 g/mol. The standard InChI is InChI=1S/C34H32FN7O4.C26H18FN5O4.C8H16N2O/c1-17-29(18(2)46-41-17)25-13-27-24(14-28(25)44-3)30-31(22-6-9-36-26-5-4-19(35)12-23(22)26)39-33(40-32(30)38-27)34(43)37-20-7-10-42(11-8-20)21-15-45-16-21;1-11-21(12(2)36-32-11)17-9-19-16(10-20(17)35-3)22-23(30-25(26(33)34)31-24(22)29-19)14-6-7-28-18-5-4-13(27)8-15(14)18;9-7-1-3-10(4-2-7)8-5-11-6-8/h4-6,9,12-14,20-21H,7-8,10-11,15-16H2,1-3H3,(H,37,43)(H,38,39,40);4-10H,1-3H3,(H,33,34)(H,29,30,31);7-8H,1-6,9H2. The highest BCUT2D eigenvalue weighted by atomic mass is 19.1. The number of ether oxygens (including phenoxy) is 4. The Hall–Kier alpha value is -9.92. The summed E-state index contributed by atoms with van der Waals surface area (Å²) < 4.78 is 61.7. The number of hydrogen-bond donors (Lipinski definition) is 5. The van der Waals surface area contributed by atoms with E-state index in [-0.39, 0.29) is 23.6 Å². The number of aromatic carboxylic acids is 1. The van der Waals surface area contributed by atoms with Crippen LogP contribution in [-0.2, 0) is 9.47 Å². The van der Waals surface area contributed by atoms with Crippen LogP contribution in [0.1, 0.15) is 69.8 Å². The predicted octanol–water partition coefficient (Wildman–Crippen LogP) is 10.6. The minimum absolute atomic E-state index is 0.00734. The van der Waals surface area contributed by atoms with E-state index in [4.69, 9.17) is 43.7 Å². The number of likely N-dealkylation sites (tertiary alicyclic amines) is 2. The lowest BCUT2D eigenvalue weighted by atomic mass is 9.98. The molecule has 0 unspecified atom stereocenters. The Bertz CT molecular complexity index is 4850. The number of methoxy groups -OCH3 is 2. The van der Waals surface area contributed by atoms with E-state index in [2.05, 4.69) is 55.3 Å². The number of fused-ring (bicyclic) bond motifs is 8. The fraction of sp³-hybridized carbons (Fsp3) is 0.324. The predicted molar refractivity (Wildman–Crippen MR) is 344 cm³/mol. The van der Waals surface area contributed by atoms with Gasteiger partial charge in [-0.2, -0.15) is 0 Å². The maximum atomic E-state index is 14.6. The Morgan fingerprint density at radius 3 is 1.46 bits per heavy atom. The van der Waals surface area contributed by atoms with E-state index < -0.39 is 17.6 Å². The molecule has 0 aliphatic carbocycles. The van der Waals surface area contributed by atoms with Crippen LogP contribution in [0.25, 0.3) is 110 Å². The van der Waals surface area contributed by atoms with Gasteiger partial charge in [-0.3, -0.25) is 24.6 Å². The summed E-state index contributed by atoms with van der Waals surface area (Å²) in [6, 6.07) is 21.4. The van der Waals surface area contributed by atoms with Gasteiger partial charge < -0.3 is 54.1 Å². The summed E-state index contributed by atoms with van der Waals surface area (Å²) in [7, 11) is 3.18. The van der Waals surface area contributed by atoms with E-state index in [1.807, 2.05) is 52.0 Å². The molecule has 0 atom stereocenters. The van der Waals surface area contributed by atoms with Gasteiger partial charge in [0.25, 0.3) is 5.91 Å². The highest BCUT2D eigenvalue weighted by molar-refractivity contribution is 6.18. The van der Waals surface area contributed by atoms with Gasteiger partial charge in [0, 0.05) is 105 Å². The maximum absolute atomic E-state index is 14.6. The summed E-state index contributed by atoms with van der Waals surface area (Å²) in [4.78, 5) is 64.2. The first-order valence-electron chi connectivity index (χ1n) is 30.8. The minimum atomic E-state index is -1.28. The second-order valence-electron chi connectivity index (χ2n) is 24.0. The zero-order chi connectivity index (χ0) is 64.3. The van der Waals surface area contributed by atoms with E-state index in [9.17, 15) is 23.5 Å². The summed E-state index contributed by atoms with van der Waals surface area (Å²) in [6.07, 6.45) is 7.24. The molecule has 12 heterocycles. The molecular weight excluding hydrogens is 1190 g/mol. The number of carboxylic acids is 1. The van der Waals surface area contributed by atoms with Crippen molar-refractivity contribution < 1.29 is 51.5 Å². The van der Waals surface area contributed by atoms with Gasteiger partial charge in [-0.05, 0) is 126 Å².